The van der Waals surface area contributed by atoms with Gasteiger partial charge in [0.1, 0.15) is 0 Å². The lowest BCUT2D eigenvalue weighted by atomic mass is 10.4. The Morgan fingerprint density at radius 2 is 2.10 bits per heavy atom. The van der Waals surface area contributed by atoms with Crippen LogP contribution in [-0.4, -0.2) is 48.5 Å². The molecule has 0 fully saturated rings. The fourth-order valence-corrected chi connectivity index (χ4v) is 1.83. The van der Waals surface area contributed by atoms with E-state index in [2.05, 4.69) is 10.3 Å². The zero-order valence-electron chi connectivity index (χ0n) is 11.2. The highest BCUT2D eigenvalue weighted by molar-refractivity contribution is 6.36. The average molecular weight is 320 g/mol. The van der Waals surface area contributed by atoms with Crippen molar-refractivity contribution in [3.63, 3.8) is 0 Å². The summed E-state index contributed by atoms with van der Waals surface area (Å²) in [6.45, 7) is 2.07. The van der Waals surface area contributed by atoms with Crippen molar-refractivity contribution < 1.29 is 14.3 Å². The van der Waals surface area contributed by atoms with Crippen LogP contribution in [0.15, 0.2) is 12.3 Å². The molecule has 1 rings (SSSR count). The number of hydrogen-bond acceptors (Lipinski definition) is 5. The summed E-state index contributed by atoms with van der Waals surface area (Å²) in [6.07, 6.45) is 1.38. The second-order valence-electron chi connectivity index (χ2n) is 4.01. The first-order valence-electron chi connectivity index (χ1n) is 5.87. The molecule has 0 aromatic carbocycles. The number of carbonyl (C=O) groups excluding carboxylic acids is 2. The van der Waals surface area contributed by atoms with Crippen LogP contribution < -0.4 is 5.32 Å². The number of nitrogens with one attached hydrogen (secondary N) is 1. The Kier molecular flexibility index (Phi) is 6.70. The number of carbonyl (C=O) groups is 2. The van der Waals surface area contributed by atoms with Gasteiger partial charge < -0.3 is 10.1 Å². The summed E-state index contributed by atoms with van der Waals surface area (Å²) in [4.78, 5) is 28.4. The third-order valence-electron chi connectivity index (χ3n) is 2.18. The van der Waals surface area contributed by atoms with E-state index in [-0.39, 0.29) is 35.8 Å². The minimum atomic E-state index is -0.384. The summed E-state index contributed by atoms with van der Waals surface area (Å²) in [6, 6.07) is 1.48. The predicted molar refractivity (Wildman–Crippen MR) is 77.0 cm³/mol. The van der Waals surface area contributed by atoms with Gasteiger partial charge in [-0.2, -0.15) is 0 Å². The van der Waals surface area contributed by atoms with E-state index in [9.17, 15) is 9.59 Å². The molecule has 0 saturated heterocycles. The highest BCUT2D eigenvalue weighted by atomic mass is 35.5. The van der Waals surface area contributed by atoms with Gasteiger partial charge in [0, 0.05) is 6.20 Å². The number of rotatable bonds is 6. The van der Waals surface area contributed by atoms with E-state index in [1.807, 2.05) is 0 Å². The minimum Gasteiger partial charge on any atom is -0.465 e. The van der Waals surface area contributed by atoms with Gasteiger partial charge in [0.05, 0.1) is 29.7 Å². The number of aromatic nitrogens is 1. The molecule has 0 bridgehead atoms. The zero-order valence-corrected chi connectivity index (χ0v) is 12.7. The number of nitrogens with zero attached hydrogens (tertiary/aromatic N) is 2. The Bertz CT molecular complexity index is 497. The molecule has 1 aromatic heterocycles. The quantitative estimate of drug-likeness (QED) is 0.810. The van der Waals surface area contributed by atoms with E-state index < -0.39 is 0 Å². The number of esters is 1. The Labute approximate surface area is 127 Å². The summed E-state index contributed by atoms with van der Waals surface area (Å²) < 4.78 is 4.78. The molecule has 1 aromatic rings. The van der Waals surface area contributed by atoms with Crippen molar-refractivity contribution in [2.75, 3.05) is 32.1 Å². The summed E-state index contributed by atoms with van der Waals surface area (Å²) in [5.41, 5.74) is 0. The second-order valence-corrected chi connectivity index (χ2v) is 4.85. The largest absolute Gasteiger partial charge is 0.465 e. The van der Waals surface area contributed by atoms with Crippen LogP contribution in [0.2, 0.25) is 10.0 Å². The van der Waals surface area contributed by atoms with E-state index >= 15 is 0 Å². The molecule has 0 radical (unpaired) electrons. The Morgan fingerprint density at radius 3 is 2.70 bits per heavy atom. The lowest BCUT2D eigenvalue weighted by Gasteiger charge is -2.15. The van der Waals surface area contributed by atoms with Gasteiger partial charge >= 0.3 is 5.97 Å². The molecule has 1 heterocycles. The molecular weight excluding hydrogens is 305 g/mol. The molecule has 110 valence electrons. The number of hydrogen-bond donors (Lipinski definition) is 1. The highest BCUT2D eigenvalue weighted by Gasteiger charge is 2.13. The van der Waals surface area contributed by atoms with Gasteiger partial charge in [0.25, 0.3) is 0 Å². The molecule has 20 heavy (non-hydrogen) atoms. The van der Waals surface area contributed by atoms with Gasteiger partial charge in [-0.25, -0.2) is 4.98 Å². The second kappa shape index (κ2) is 8.04. The highest BCUT2D eigenvalue weighted by Crippen LogP contribution is 2.22. The Balaban J connectivity index is 2.49. The van der Waals surface area contributed by atoms with Crippen molar-refractivity contribution in [1.29, 1.82) is 0 Å². The summed E-state index contributed by atoms with van der Waals surface area (Å²) in [5.74, 6) is -0.496. The van der Waals surface area contributed by atoms with Crippen molar-refractivity contribution in [2.24, 2.45) is 0 Å². The molecule has 0 aliphatic carbocycles. The summed E-state index contributed by atoms with van der Waals surface area (Å²) >= 11 is 11.6. The zero-order chi connectivity index (χ0) is 15.1. The number of likely N-dealkylation sites (N-methyl/N-ethyl adjacent to an activating group) is 1. The molecule has 6 nitrogen and oxygen atoms in total. The van der Waals surface area contributed by atoms with Crippen molar-refractivity contribution >= 4 is 40.9 Å². The molecule has 1 N–H and O–H groups in total. The lowest BCUT2D eigenvalue weighted by molar-refractivity contribution is -0.144. The third kappa shape index (κ3) is 5.73. The van der Waals surface area contributed by atoms with Crippen LogP contribution in [0.25, 0.3) is 0 Å². The van der Waals surface area contributed by atoms with Gasteiger partial charge in [-0.05, 0) is 20.0 Å². The first kappa shape index (κ1) is 16.7. The molecule has 1 amide bonds. The smallest absolute Gasteiger partial charge is 0.320 e. The van der Waals surface area contributed by atoms with Gasteiger partial charge in [0.2, 0.25) is 5.91 Å². The van der Waals surface area contributed by atoms with Crippen molar-refractivity contribution in [3.05, 3.63) is 22.3 Å². The molecule has 8 heteroatoms. The topological polar surface area (TPSA) is 71.5 Å². The van der Waals surface area contributed by atoms with E-state index in [0.717, 1.165) is 0 Å². The maximum absolute atomic E-state index is 11.8. The Morgan fingerprint density at radius 1 is 1.40 bits per heavy atom. The summed E-state index contributed by atoms with van der Waals surface area (Å²) in [5, 5.41) is 3.17. The van der Waals surface area contributed by atoms with Crippen molar-refractivity contribution in [2.45, 2.75) is 6.92 Å². The van der Waals surface area contributed by atoms with E-state index in [4.69, 9.17) is 27.9 Å². The molecular formula is C12H15Cl2N3O3. The van der Waals surface area contributed by atoms with Gasteiger partial charge in [0.15, 0.2) is 5.82 Å². The van der Waals surface area contributed by atoms with Crippen LogP contribution >= 0.6 is 23.2 Å². The number of ether oxygens (including phenoxy) is 1. The molecule has 0 spiro atoms. The normalized spacial score (nSPS) is 10.4. The lowest BCUT2D eigenvalue weighted by Crippen LogP contribution is -2.34. The van der Waals surface area contributed by atoms with Crippen LogP contribution in [0.5, 0.6) is 0 Å². The van der Waals surface area contributed by atoms with Gasteiger partial charge in [-0.3, -0.25) is 14.5 Å². The third-order valence-corrected chi connectivity index (χ3v) is 2.68. The van der Waals surface area contributed by atoms with Crippen LogP contribution in [0.1, 0.15) is 6.92 Å². The first-order valence-corrected chi connectivity index (χ1v) is 6.63. The van der Waals surface area contributed by atoms with E-state index in [1.54, 1.807) is 14.0 Å². The fourth-order valence-electron chi connectivity index (χ4n) is 1.41. The minimum absolute atomic E-state index is 0.0133. The number of amides is 1. The maximum atomic E-state index is 11.8. The first-order chi connectivity index (χ1) is 9.42. The molecule has 0 aliphatic rings. The monoisotopic (exact) mass is 319 g/mol. The van der Waals surface area contributed by atoms with Crippen LogP contribution in [0, 0.1) is 0 Å². The van der Waals surface area contributed by atoms with Crippen LogP contribution in [0.4, 0.5) is 5.82 Å². The van der Waals surface area contributed by atoms with Crippen molar-refractivity contribution in [1.82, 2.24) is 9.88 Å². The number of anilines is 1. The molecule has 0 saturated carbocycles. The van der Waals surface area contributed by atoms with Gasteiger partial charge in [-0.15, -0.1) is 0 Å². The van der Waals surface area contributed by atoms with Crippen molar-refractivity contribution in [3.8, 4) is 0 Å². The van der Waals surface area contributed by atoms with E-state index in [1.165, 1.54) is 17.2 Å². The fraction of sp³-hybridized carbons (Fsp3) is 0.417. The standard InChI is InChI=1S/C12H15Cl2N3O3/c1-3-20-11(19)7-17(2)6-10(18)16-12-9(14)4-8(13)5-15-12/h4-5H,3,6-7H2,1-2H3,(H,15,16,18). The van der Waals surface area contributed by atoms with Crippen LogP contribution in [-0.2, 0) is 14.3 Å². The SMILES string of the molecule is CCOC(=O)CN(C)CC(=O)Nc1ncc(Cl)cc1Cl. The average Bonchev–Trinajstić information content (AvgIpc) is 2.32. The van der Waals surface area contributed by atoms with Crippen LogP contribution in [0.3, 0.4) is 0 Å². The number of halogens is 2. The Hall–Kier alpha value is -1.37. The predicted octanol–water partition coefficient (Wildman–Crippen LogP) is 1.82. The number of pyridine rings is 1. The summed E-state index contributed by atoms with van der Waals surface area (Å²) in [7, 11) is 1.63. The molecule has 0 atom stereocenters. The maximum Gasteiger partial charge on any atom is 0.320 e. The molecule has 0 aliphatic heterocycles. The molecule has 0 unspecified atom stereocenters. The van der Waals surface area contributed by atoms with Gasteiger partial charge in [-0.1, -0.05) is 23.2 Å². The van der Waals surface area contributed by atoms with E-state index in [0.29, 0.717) is 11.6 Å².